The smallest absolute Gasteiger partial charge is 0.408 e. The minimum Gasteiger partial charge on any atom is -0.458 e. The Balaban J connectivity index is 1.21. The molecule has 0 saturated heterocycles. The molecule has 1 fully saturated rings. The lowest BCUT2D eigenvalue weighted by atomic mass is 9.78. The zero-order chi connectivity index (χ0) is 51.4. The summed E-state index contributed by atoms with van der Waals surface area (Å²) in [6.45, 7) is 12.6. The molecule has 7 rings (SSSR count). The first-order valence-corrected chi connectivity index (χ1v) is 26.9. The fourth-order valence-corrected chi connectivity index (χ4v) is 12.8. The van der Waals surface area contributed by atoms with Gasteiger partial charge in [0.2, 0.25) is 11.8 Å². The molecule has 0 radical (unpaired) electrons. The largest absolute Gasteiger partial charge is 0.458 e. The van der Waals surface area contributed by atoms with Crippen molar-refractivity contribution in [3.8, 4) is 0 Å². The van der Waals surface area contributed by atoms with E-state index in [-0.39, 0.29) is 17.4 Å². The maximum atomic E-state index is 15.3. The highest BCUT2D eigenvalue weighted by atomic mass is 32.2. The standard InChI is InChI=1S/C61H69N3O6S2/c1-44(62-53(65)51(64-56(68)70-58(5,6)7)42-71-60(45-28-14-8-15-29-45,46-30-16-9-17-31-46)47-32-18-10-19-33-47)59(40-26-27-41-59)55(67)63-52(54(66)69-57(2,3)4)43-72-61(48-34-20-11-21-35-48,49-36-22-12-23-37-49)50-38-24-13-25-39-50/h8-25,28-39,44,51-52H,26-27,40-43H2,1-7H3,(H,62,65)(H,63,67)(H,64,68). The Morgan fingerprint density at radius 2 is 0.792 bits per heavy atom. The van der Waals surface area contributed by atoms with Gasteiger partial charge in [-0.05, 0) is 94.7 Å². The van der Waals surface area contributed by atoms with Gasteiger partial charge in [-0.25, -0.2) is 9.59 Å². The molecule has 6 aromatic carbocycles. The number of rotatable bonds is 19. The van der Waals surface area contributed by atoms with Crippen molar-refractivity contribution in [2.45, 2.75) is 113 Å². The van der Waals surface area contributed by atoms with Crippen LogP contribution in [0, 0.1) is 5.41 Å². The van der Waals surface area contributed by atoms with Crippen molar-refractivity contribution in [3.63, 3.8) is 0 Å². The quantitative estimate of drug-likeness (QED) is 0.0542. The molecule has 0 aromatic heterocycles. The van der Waals surface area contributed by atoms with Gasteiger partial charge in [0, 0.05) is 17.5 Å². The van der Waals surface area contributed by atoms with Crippen LogP contribution in [0.15, 0.2) is 182 Å². The van der Waals surface area contributed by atoms with Gasteiger partial charge in [-0.3, -0.25) is 9.59 Å². The molecular weight excluding hydrogens is 935 g/mol. The van der Waals surface area contributed by atoms with E-state index in [9.17, 15) is 9.59 Å². The number of hydrogen-bond acceptors (Lipinski definition) is 8. The maximum absolute atomic E-state index is 15.3. The average Bonchev–Trinajstić information content (AvgIpc) is 3.89. The van der Waals surface area contributed by atoms with E-state index in [1.165, 1.54) is 0 Å². The van der Waals surface area contributed by atoms with E-state index >= 15 is 9.59 Å². The number of carbonyl (C=O) groups excluding carboxylic acids is 4. The molecule has 9 nitrogen and oxygen atoms in total. The van der Waals surface area contributed by atoms with Gasteiger partial charge in [0.05, 0.1) is 14.9 Å². The molecule has 6 aromatic rings. The molecular formula is C61H69N3O6S2. The molecule has 3 atom stereocenters. The van der Waals surface area contributed by atoms with Crippen molar-refractivity contribution in [1.82, 2.24) is 16.0 Å². The second-order valence-corrected chi connectivity index (χ2v) is 23.0. The molecule has 11 heteroatoms. The summed E-state index contributed by atoms with van der Waals surface area (Å²) in [6.07, 6.45) is 1.73. The van der Waals surface area contributed by atoms with Crippen molar-refractivity contribution < 1.29 is 28.7 Å². The molecule has 72 heavy (non-hydrogen) atoms. The van der Waals surface area contributed by atoms with Crippen LogP contribution < -0.4 is 16.0 Å². The third kappa shape index (κ3) is 12.6. The van der Waals surface area contributed by atoms with Crippen LogP contribution in [0.1, 0.15) is 108 Å². The zero-order valence-corrected chi connectivity index (χ0v) is 44.2. The number of nitrogens with one attached hydrogen (secondary N) is 3. The van der Waals surface area contributed by atoms with E-state index in [4.69, 9.17) is 9.47 Å². The van der Waals surface area contributed by atoms with E-state index < -0.39 is 62.2 Å². The maximum Gasteiger partial charge on any atom is 0.408 e. The Kier molecular flexibility index (Phi) is 17.5. The summed E-state index contributed by atoms with van der Waals surface area (Å²) >= 11 is 3.11. The molecule has 1 saturated carbocycles. The second kappa shape index (κ2) is 23.5. The molecule has 3 unspecified atom stereocenters. The molecule has 3 N–H and O–H groups in total. The minimum absolute atomic E-state index is 0.139. The van der Waals surface area contributed by atoms with Crippen LogP contribution in [-0.4, -0.2) is 64.7 Å². The zero-order valence-electron chi connectivity index (χ0n) is 42.6. The third-order valence-electron chi connectivity index (χ3n) is 13.2. The molecule has 1 aliphatic carbocycles. The van der Waals surface area contributed by atoms with Crippen LogP contribution in [0.3, 0.4) is 0 Å². The van der Waals surface area contributed by atoms with Crippen molar-refractivity contribution in [2.24, 2.45) is 5.41 Å². The van der Waals surface area contributed by atoms with Crippen molar-refractivity contribution in [1.29, 1.82) is 0 Å². The number of esters is 1. The molecule has 0 bridgehead atoms. The Bertz CT molecular complexity index is 2500. The van der Waals surface area contributed by atoms with E-state index in [1.807, 2.05) is 137 Å². The summed E-state index contributed by atoms with van der Waals surface area (Å²) in [5.74, 6) is -1.04. The van der Waals surface area contributed by atoms with Crippen LogP contribution in [0.2, 0.25) is 0 Å². The van der Waals surface area contributed by atoms with Gasteiger partial charge in [-0.2, -0.15) is 0 Å². The predicted octanol–water partition coefficient (Wildman–Crippen LogP) is 12.2. The van der Waals surface area contributed by atoms with Crippen molar-refractivity contribution >= 4 is 47.4 Å². The van der Waals surface area contributed by atoms with Crippen LogP contribution in [0.5, 0.6) is 0 Å². The van der Waals surface area contributed by atoms with Crippen molar-refractivity contribution in [2.75, 3.05) is 11.5 Å². The van der Waals surface area contributed by atoms with E-state index in [0.29, 0.717) is 12.8 Å². The topological polar surface area (TPSA) is 123 Å². The summed E-state index contributed by atoms with van der Waals surface area (Å²) in [5.41, 5.74) is 3.33. The van der Waals surface area contributed by atoms with Gasteiger partial charge in [0.1, 0.15) is 23.3 Å². The summed E-state index contributed by atoms with van der Waals surface area (Å²) in [4.78, 5) is 58.4. The molecule has 3 amide bonds. The highest BCUT2D eigenvalue weighted by Crippen LogP contribution is 2.50. The van der Waals surface area contributed by atoms with Gasteiger partial charge >= 0.3 is 12.1 Å². The van der Waals surface area contributed by atoms with Crippen LogP contribution in [0.25, 0.3) is 0 Å². The van der Waals surface area contributed by atoms with Gasteiger partial charge in [-0.15, -0.1) is 23.5 Å². The van der Waals surface area contributed by atoms with Gasteiger partial charge in [0.15, 0.2) is 0 Å². The minimum atomic E-state index is -1.09. The number of hydrogen-bond donors (Lipinski definition) is 3. The number of amides is 3. The first-order valence-electron chi connectivity index (χ1n) is 24.9. The van der Waals surface area contributed by atoms with E-state index in [2.05, 4.69) is 88.7 Å². The van der Waals surface area contributed by atoms with E-state index in [1.54, 1.807) is 44.3 Å². The Morgan fingerprint density at radius 1 is 0.472 bits per heavy atom. The fourth-order valence-electron chi connectivity index (χ4n) is 9.74. The second-order valence-electron chi connectivity index (χ2n) is 20.5. The Hall–Kier alpha value is -6.30. The highest BCUT2D eigenvalue weighted by Gasteiger charge is 2.49. The molecule has 0 spiro atoms. The number of ether oxygens (including phenoxy) is 2. The number of carbonyl (C=O) groups is 4. The molecule has 376 valence electrons. The summed E-state index contributed by atoms with van der Waals surface area (Å²) in [7, 11) is 0. The lowest BCUT2D eigenvalue weighted by Crippen LogP contribution is -2.59. The fraction of sp³-hybridized carbons (Fsp3) is 0.344. The van der Waals surface area contributed by atoms with Crippen molar-refractivity contribution in [3.05, 3.63) is 215 Å². The van der Waals surface area contributed by atoms with Gasteiger partial charge in [-0.1, -0.05) is 195 Å². The summed E-state index contributed by atoms with van der Waals surface area (Å²) in [6, 6.07) is 58.3. The molecule has 0 heterocycles. The summed E-state index contributed by atoms with van der Waals surface area (Å²) in [5, 5.41) is 9.35. The van der Waals surface area contributed by atoms with Gasteiger partial charge < -0.3 is 25.4 Å². The summed E-state index contributed by atoms with van der Waals surface area (Å²) < 4.78 is 10.3. The lowest BCUT2D eigenvalue weighted by molar-refractivity contribution is -0.159. The Labute approximate surface area is 435 Å². The normalized spacial score (nSPS) is 15.0. The monoisotopic (exact) mass is 1000 g/mol. The predicted molar refractivity (Wildman–Crippen MR) is 293 cm³/mol. The number of benzene rings is 6. The first-order chi connectivity index (χ1) is 34.5. The van der Waals surface area contributed by atoms with Crippen LogP contribution in [0.4, 0.5) is 4.79 Å². The SMILES string of the molecule is CC(NC(=O)C(CSC(c1ccccc1)(c1ccccc1)c1ccccc1)NC(=O)OC(C)(C)C)C1(C(=O)NC(CSC(c2ccccc2)(c2ccccc2)c2ccccc2)C(=O)OC(C)(C)C)CCCC1. The van der Waals surface area contributed by atoms with Crippen LogP contribution >= 0.6 is 23.5 Å². The third-order valence-corrected chi connectivity index (χ3v) is 16.4. The average molecular weight is 1000 g/mol. The lowest BCUT2D eigenvalue weighted by Gasteiger charge is -2.39. The molecule has 0 aliphatic heterocycles. The van der Waals surface area contributed by atoms with Gasteiger partial charge in [0.25, 0.3) is 0 Å². The Morgan fingerprint density at radius 3 is 1.11 bits per heavy atom. The molecule has 1 aliphatic rings. The van der Waals surface area contributed by atoms with E-state index in [0.717, 1.165) is 46.2 Å². The number of thioether (sulfide) groups is 2. The first kappa shape index (κ1) is 53.5. The van der Waals surface area contributed by atoms with Crippen LogP contribution in [-0.2, 0) is 33.4 Å². The number of alkyl carbamates (subject to hydrolysis) is 1. The highest BCUT2D eigenvalue weighted by molar-refractivity contribution is 8.01.